The second-order valence-electron chi connectivity index (χ2n) is 5.99. The van der Waals surface area contributed by atoms with Gasteiger partial charge in [-0.15, -0.1) is 0 Å². The smallest absolute Gasteiger partial charge is 0.338 e. The van der Waals surface area contributed by atoms with Crippen LogP contribution >= 0.6 is 15.9 Å². The van der Waals surface area contributed by atoms with Crippen molar-refractivity contribution in [3.8, 4) is 0 Å². The highest BCUT2D eigenvalue weighted by Crippen LogP contribution is 2.20. The molecule has 1 heterocycles. The molecule has 0 aliphatic carbocycles. The second kappa shape index (κ2) is 9.14. The van der Waals surface area contributed by atoms with E-state index in [2.05, 4.69) is 26.0 Å². The number of anilines is 2. The first-order valence-corrected chi connectivity index (χ1v) is 11.0. The first-order chi connectivity index (χ1) is 14.3. The highest BCUT2D eigenvalue weighted by molar-refractivity contribution is 9.10. The Labute approximate surface area is 181 Å². The van der Waals surface area contributed by atoms with Crippen molar-refractivity contribution in [2.24, 2.45) is 0 Å². The van der Waals surface area contributed by atoms with Crippen LogP contribution in [0.2, 0.25) is 0 Å². The van der Waals surface area contributed by atoms with Crippen LogP contribution in [0.5, 0.6) is 0 Å². The third-order valence-corrected chi connectivity index (χ3v) is 5.69. The molecule has 3 aromatic rings. The summed E-state index contributed by atoms with van der Waals surface area (Å²) in [6.45, 7) is 1.95. The maximum atomic E-state index is 12.6. The van der Waals surface area contributed by atoms with E-state index in [0.29, 0.717) is 21.6 Å². The molecule has 0 unspecified atom stereocenters. The number of sulfonamides is 1. The van der Waals surface area contributed by atoms with Crippen LogP contribution in [0.4, 0.5) is 11.4 Å². The molecule has 0 saturated heterocycles. The third kappa shape index (κ3) is 5.28. The Morgan fingerprint density at radius 3 is 2.17 bits per heavy atom. The van der Waals surface area contributed by atoms with Gasteiger partial charge in [0.25, 0.3) is 15.9 Å². The van der Waals surface area contributed by atoms with Gasteiger partial charge in [0.05, 0.1) is 17.1 Å². The predicted octanol–water partition coefficient (Wildman–Crippen LogP) is 4.27. The van der Waals surface area contributed by atoms with Gasteiger partial charge in [0.2, 0.25) is 0 Å². The number of amides is 1. The largest absolute Gasteiger partial charge is 0.462 e. The molecule has 0 spiro atoms. The summed E-state index contributed by atoms with van der Waals surface area (Å²) in [7, 11) is -3.85. The molecule has 3 rings (SSSR count). The first kappa shape index (κ1) is 21.6. The standard InChI is InChI=1S/C20H17BrN2O6S/c1-2-28-20(25)13-3-5-15(6-4-13)23-30(26,27)16-9-7-14(8-10-16)22-19(24)17-11-12-18(21)29-17/h3-12,23H,2H2,1H3,(H,22,24). The number of ether oxygens (including phenoxy) is 1. The molecule has 0 bridgehead atoms. The number of nitrogens with one attached hydrogen (secondary N) is 2. The van der Waals surface area contributed by atoms with Crippen LogP contribution in [0.25, 0.3) is 0 Å². The number of rotatable bonds is 7. The van der Waals surface area contributed by atoms with E-state index in [1.807, 2.05) is 0 Å². The van der Waals surface area contributed by atoms with E-state index in [0.717, 1.165) is 0 Å². The Hall–Kier alpha value is -3.11. The Bertz CT molecular complexity index is 1150. The zero-order valence-corrected chi connectivity index (χ0v) is 18.1. The fourth-order valence-electron chi connectivity index (χ4n) is 2.45. The van der Waals surface area contributed by atoms with Crippen LogP contribution in [-0.4, -0.2) is 26.9 Å². The van der Waals surface area contributed by atoms with E-state index in [1.54, 1.807) is 13.0 Å². The van der Waals surface area contributed by atoms with Gasteiger partial charge < -0.3 is 14.5 Å². The van der Waals surface area contributed by atoms with E-state index < -0.39 is 21.9 Å². The molecule has 8 nitrogen and oxygen atoms in total. The summed E-state index contributed by atoms with van der Waals surface area (Å²) >= 11 is 3.12. The maximum absolute atomic E-state index is 12.6. The topological polar surface area (TPSA) is 115 Å². The molecule has 1 aromatic heterocycles. The molecule has 0 fully saturated rings. The Morgan fingerprint density at radius 2 is 1.60 bits per heavy atom. The lowest BCUT2D eigenvalue weighted by molar-refractivity contribution is 0.0526. The SMILES string of the molecule is CCOC(=O)c1ccc(NS(=O)(=O)c2ccc(NC(=O)c3ccc(Br)o3)cc2)cc1. The Balaban J connectivity index is 1.67. The zero-order chi connectivity index (χ0) is 21.7. The molecule has 0 aliphatic rings. The number of halogens is 1. The van der Waals surface area contributed by atoms with Gasteiger partial charge in [-0.25, -0.2) is 13.2 Å². The van der Waals surface area contributed by atoms with Gasteiger partial charge in [-0.1, -0.05) is 0 Å². The first-order valence-electron chi connectivity index (χ1n) is 8.75. The minimum absolute atomic E-state index is 0.00992. The van der Waals surface area contributed by atoms with Gasteiger partial charge >= 0.3 is 5.97 Å². The van der Waals surface area contributed by atoms with Crippen LogP contribution < -0.4 is 10.0 Å². The van der Waals surface area contributed by atoms with E-state index in [-0.39, 0.29) is 17.3 Å². The molecule has 156 valence electrons. The number of furan rings is 1. The van der Waals surface area contributed by atoms with Crippen molar-refractivity contribution in [1.29, 1.82) is 0 Å². The lowest BCUT2D eigenvalue weighted by Gasteiger charge is -2.10. The molecule has 0 atom stereocenters. The molecule has 2 N–H and O–H groups in total. The molecular formula is C20H17BrN2O6S. The molecule has 0 saturated carbocycles. The number of hydrogen-bond donors (Lipinski definition) is 2. The van der Waals surface area contributed by atoms with Crippen molar-refractivity contribution in [2.45, 2.75) is 11.8 Å². The number of benzene rings is 2. The summed E-state index contributed by atoms with van der Waals surface area (Å²) in [6, 6.07) is 14.7. The van der Waals surface area contributed by atoms with E-state index >= 15 is 0 Å². The fraction of sp³-hybridized carbons (Fsp3) is 0.100. The number of carbonyl (C=O) groups excluding carboxylic acids is 2. The molecule has 0 aliphatic heterocycles. The summed E-state index contributed by atoms with van der Waals surface area (Å²) in [5.41, 5.74) is 1.03. The van der Waals surface area contributed by atoms with Gasteiger partial charge in [-0.2, -0.15) is 0 Å². The van der Waals surface area contributed by atoms with Crippen molar-refractivity contribution in [3.63, 3.8) is 0 Å². The zero-order valence-electron chi connectivity index (χ0n) is 15.7. The van der Waals surface area contributed by atoms with Gasteiger partial charge in [0.1, 0.15) is 0 Å². The lowest BCUT2D eigenvalue weighted by Crippen LogP contribution is -2.14. The monoisotopic (exact) mass is 492 g/mol. The Kier molecular flexibility index (Phi) is 6.58. The Morgan fingerprint density at radius 1 is 0.967 bits per heavy atom. The summed E-state index contributed by atoms with van der Waals surface area (Å²) in [4.78, 5) is 23.8. The summed E-state index contributed by atoms with van der Waals surface area (Å²) in [5, 5.41) is 2.61. The van der Waals surface area contributed by atoms with Crippen molar-refractivity contribution in [3.05, 3.63) is 76.7 Å². The minimum Gasteiger partial charge on any atom is -0.462 e. The van der Waals surface area contributed by atoms with Crippen molar-refractivity contribution in [2.75, 3.05) is 16.6 Å². The van der Waals surface area contributed by atoms with E-state index in [4.69, 9.17) is 9.15 Å². The van der Waals surface area contributed by atoms with Crippen molar-refractivity contribution >= 4 is 49.2 Å². The number of esters is 1. The average molecular weight is 493 g/mol. The summed E-state index contributed by atoms with van der Waals surface area (Å²) < 4.78 is 38.1. The predicted molar refractivity (Wildman–Crippen MR) is 114 cm³/mol. The van der Waals surface area contributed by atoms with Crippen LogP contribution in [-0.2, 0) is 14.8 Å². The molecule has 2 aromatic carbocycles. The summed E-state index contributed by atoms with van der Waals surface area (Å²) in [5.74, 6) is -0.825. The van der Waals surface area contributed by atoms with Gasteiger partial charge in [-0.05, 0) is 83.5 Å². The molecular weight excluding hydrogens is 476 g/mol. The van der Waals surface area contributed by atoms with Gasteiger partial charge in [0.15, 0.2) is 10.4 Å². The lowest BCUT2D eigenvalue weighted by atomic mass is 10.2. The molecule has 0 radical (unpaired) electrons. The highest BCUT2D eigenvalue weighted by Gasteiger charge is 2.16. The highest BCUT2D eigenvalue weighted by atomic mass is 79.9. The number of hydrogen-bond acceptors (Lipinski definition) is 6. The fourth-order valence-corrected chi connectivity index (χ4v) is 3.81. The van der Waals surface area contributed by atoms with Crippen LogP contribution in [0, 0.1) is 0 Å². The molecule has 10 heteroatoms. The quantitative estimate of drug-likeness (QED) is 0.475. The van der Waals surface area contributed by atoms with Crippen LogP contribution in [0.3, 0.4) is 0 Å². The number of carbonyl (C=O) groups is 2. The molecule has 1 amide bonds. The maximum Gasteiger partial charge on any atom is 0.338 e. The molecule has 30 heavy (non-hydrogen) atoms. The second-order valence-corrected chi connectivity index (χ2v) is 8.45. The minimum atomic E-state index is -3.85. The summed E-state index contributed by atoms with van der Waals surface area (Å²) in [6.07, 6.45) is 0. The van der Waals surface area contributed by atoms with Gasteiger partial charge in [-0.3, -0.25) is 9.52 Å². The van der Waals surface area contributed by atoms with E-state index in [9.17, 15) is 18.0 Å². The average Bonchev–Trinajstić information content (AvgIpc) is 3.15. The van der Waals surface area contributed by atoms with E-state index in [1.165, 1.54) is 54.6 Å². The van der Waals surface area contributed by atoms with Crippen LogP contribution in [0.15, 0.2) is 74.6 Å². The van der Waals surface area contributed by atoms with Crippen molar-refractivity contribution < 1.29 is 27.2 Å². The normalized spacial score (nSPS) is 11.0. The van der Waals surface area contributed by atoms with Crippen LogP contribution in [0.1, 0.15) is 27.8 Å². The van der Waals surface area contributed by atoms with Crippen molar-refractivity contribution in [1.82, 2.24) is 0 Å². The van der Waals surface area contributed by atoms with Gasteiger partial charge in [0, 0.05) is 11.4 Å². The third-order valence-electron chi connectivity index (χ3n) is 3.87.